The van der Waals surface area contributed by atoms with Crippen molar-refractivity contribution in [1.82, 2.24) is 18.7 Å². The molecule has 0 saturated heterocycles. The van der Waals surface area contributed by atoms with Crippen LogP contribution in [0.4, 0.5) is 31.5 Å². The Morgan fingerprint density at radius 3 is 1.69 bits per heavy atom. The molecule has 0 saturated carbocycles. The van der Waals surface area contributed by atoms with Gasteiger partial charge in [0.1, 0.15) is 23.1 Å². The minimum atomic E-state index is -0.662. The van der Waals surface area contributed by atoms with Crippen molar-refractivity contribution >= 4 is 50.6 Å². The Morgan fingerprint density at radius 2 is 1.07 bits per heavy atom. The summed E-state index contributed by atoms with van der Waals surface area (Å²) in [6.45, 7) is 15.5. The first kappa shape index (κ1) is 55.4. The fourth-order valence-corrected chi connectivity index (χ4v) is 11.6. The molecule has 0 bridgehead atoms. The zero-order valence-electron chi connectivity index (χ0n) is 47.8. The van der Waals surface area contributed by atoms with Gasteiger partial charge >= 0.3 is 27.1 Å². The third-order valence-electron chi connectivity index (χ3n) is 15.8. The fraction of sp³-hybridized carbons (Fsp3) is 0.132. The number of fused-ring (bicyclic) bond motifs is 4. The van der Waals surface area contributed by atoms with Crippen molar-refractivity contribution in [2.75, 3.05) is 0 Å². The van der Waals surface area contributed by atoms with Crippen molar-refractivity contribution in [2.45, 2.75) is 65.7 Å². The number of pyridine rings is 1. The molecule has 412 valence electrons. The Morgan fingerprint density at radius 1 is 0.500 bits per heavy atom. The maximum atomic E-state index is 15.5. The minimum absolute atomic E-state index is 0. The molecule has 0 amide bonds. The number of para-hydroxylation sites is 4. The molecule has 13 rings (SSSR count). The van der Waals surface area contributed by atoms with Gasteiger partial charge in [0.15, 0.2) is 0 Å². The summed E-state index contributed by atoms with van der Waals surface area (Å²) in [4.78, 5) is 4.94. The molecule has 12 aromatic rings. The van der Waals surface area contributed by atoms with Crippen molar-refractivity contribution in [3.63, 3.8) is 0 Å². The van der Waals surface area contributed by atoms with Crippen LogP contribution in [0.2, 0.25) is 0 Å². The van der Waals surface area contributed by atoms with Gasteiger partial charge in [-0.05, 0) is 125 Å². The van der Waals surface area contributed by atoms with Gasteiger partial charge < -0.3 is 9.30 Å². The second-order valence-corrected chi connectivity index (χ2v) is 23.1. The Bertz CT molecular complexity index is 4480. The first-order valence-corrected chi connectivity index (χ1v) is 28.4. The number of nitrogens with zero attached hydrogens (tertiary/aromatic N) is 4. The Labute approximate surface area is 504 Å². The third kappa shape index (κ3) is 10.4. The summed E-state index contributed by atoms with van der Waals surface area (Å²) >= 11 is 0. The van der Waals surface area contributed by atoms with Crippen LogP contribution in [0, 0.1) is 23.8 Å². The molecular weight excluding hydrogens is 1220 g/mol. The van der Waals surface area contributed by atoms with Crippen molar-refractivity contribution in [3.8, 4) is 73.0 Å². The van der Waals surface area contributed by atoms with Crippen LogP contribution >= 0.6 is 0 Å². The molecule has 1 aliphatic rings. The summed E-state index contributed by atoms with van der Waals surface area (Å²) in [7, 11) is 0. The van der Waals surface area contributed by atoms with E-state index in [0.29, 0.717) is 28.3 Å². The summed E-state index contributed by atoms with van der Waals surface area (Å²) in [6.07, 6.45) is 1.88. The number of hydrogen-bond donors (Lipinski definition) is 0. The fourth-order valence-electron chi connectivity index (χ4n) is 11.6. The molecule has 1 aliphatic heterocycles. The molecule has 3 heterocycles. The number of rotatable bonds is 12. The molecule has 8 heteroatoms. The maximum Gasteiger partial charge on any atom is 2.00 e. The van der Waals surface area contributed by atoms with E-state index in [1.54, 1.807) is 0 Å². The van der Waals surface area contributed by atoms with E-state index in [1.807, 2.05) is 57.8 Å². The van der Waals surface area contributed by atoms with Gasteiger partial charge in [-0.3, -0.25) is 0 Å². The first-order chi connectivity index (χ1) is 40.2. The molecular formula is C76H60F2N4OPt+2. The topological polar surface area (TPSA) is 33.1 Å². The number of halogens is 2. The monoisotopic (exact) mass is 1280 g/mol. The standard InChI is InChI=1S/C76H60F2N4O.Pt/c1-48(2)52-36-53(49(3)4)38-54(37-52)65-27-19-28-66(55-39-58(77)44-59(78)40-55)75(65)81-47-80(70-30-16-17-31-71(70)81)60-41-56(74-63(50-20-10-8-11-21-50)25-18-26-64(74)51-22-12-9-13-23-51)42-62(45-60)83-61-32-33-68-67-24-14-15-29-69(67)82(72(68)46-61)73-43-57(34-35-79-73)76(5,6)7;/h8-44,48-49H,1-7H3;/q;+2. The van der Waals surface area contributed by atoms with Gasteiger partial charge in [-0.25, -0.2) is 13.8 Å². The minimum Gasteiger partial charge on any atom is -0.509 e. The summed E-state index contributed by atoms with van der Waals surface area (Å²) in [5.41, 5.74) is 17.3. The number of hydrogen-bond acceptors (Lipinski definition) is 2. The summed E-state index contributed by atoms with van der Waals surface area (Å²) in [5, 5.41) is 2.10. The second-order valence-electron chi connectivity index (χ2n) is 23.1. The smallest absolute Gasteiger partial charge is 0.509 e. The summed E-state index contributed by atoms with van der Waals surface area (Å²) in [5.74, 6) is 0.913. The predicted octanol–water partition coefficient (Wildman–Crippen LogP) is 20.6. The van der Waals surface area contributed by atoms with Crippen molar-refractivity contribution < 1.29 is 34.6 Å². The SMILES string of the molecule is CC(C)c1cc(-c2cccc(-c3cc(F)cc(F)c3)c2[N+]2=C=[N+](c3[c-]c(Oc4[c-]c5c(cc4)c4ccccc4n5-c4cc(C(C)(C)C)ccn4)cc(-c4c(-c5ccccc5)cccc4-c4ccccc4)c3)c3ccccc32)cc(C(C)C)c1.[Pt+2]. The molecule has 0 spiro atoms. The Kier molecular flexibility index (Phi) is 14.9. The average Bonchev–Trinajstić information content (AvgIpc) is 2.24. The molecule has 0 unspecified atom stereocenters. The van der Waals surface area contributed by atoms with Crippen molar-refractivity contribution in [1.29, 1.82) is 0 Å². The van der Waals surface area contributed by atoms with Gasteiger partial charge in [0.05, 0.1) is 11.1 Å². The molecule has 0 fully saturated rings. The van der Waals surface area contributed by atoms with E-state index >= 15 is 8.78 Å². The first-order valence-electron chi connectivity index (χ1n) is 28.4. The van der Waals surface area contributed by atoms with Crippen LogP contribution < -0.4 is 13.9 Å². The zero-order chi connectivity index (χ0) is 57.1. The van der Waals surface area contributed by atoms with Gasteiger partial charge in [-0.2, -0.15) is 6.07 Å². The molecule has 0 radical (unpaired) electrons. The maximum absolute atomic E-state index is 15.5. The number of benzene rings is 10. The van der Waals surface area contributed by atoms with Gasteiger partial charge in [-0.15, -0.1) is 29.1 Å². The molecule has 2 aromatic heterocycles. The van der Waals surface area contributed by atoms with Crippen molar-refractivity contribution in [2.24, 2.45) is 0 Å². The van der Waals surface area contributed by atoms with Crippen LogP contribution in [0.3, 0.4) is 0 Å². The van der Waals surface area contributed by atoms with E-state index in [-0.39, 0.29) is 38.3 Å². The molecule has 84 heavy (non-hydrogen) atoms. The van der Waals surface area contributed by atoms with Gasteiger partial charge in [0, 0.05) is 41.4 Å². The average molecular weight is 1280 g/mol. The quantitative estimate of drug-likeness (QED) is 0.0902. The van der Waals surface area contributed by atoms with Crippen LogP contribution in [0.25, 0.3) is 83.3 Å². The zero-order valence-corrected chi connectivity index (χ0v) is 50.1. The van der Waals surface area contributed by atoms with Gasteiger partial charge in [0.2, 0.25) is 5.69 Å². The van der Waals surface area contributed by atoms with Crippen LogP contribution in [0.15, 0.2) is 225 Å². The van der Waals surface area contributed by atoms with E-state index < -0.39 is 11.6 Å². The van der Waals surface area contributed by atoms with Crippen LogP contribution in [0.5, 0.6) is 11.5 Å². The molecule has 0 aliphatic carbocycles. The van der Waals surface area contributed by atoms with Crippen LogP contribution in [-0.4, -0.2) is 15.6 Å². The summed E-state index contributed by atoms with van der Waals surface area (Å²) < 4.78 is 44.3. The van der Waals surface area contributed by atoms with Gasteiger partial charge in [0.25, 0.3) is 11.4 Å². The van der Waals surface area contributed by atoms with E-state index in [1.165, 1.54) is 28.8 Å². The van der Waals surface area contributed by atoms with Crippen LogP contribution in [-0.2, 0) is 26.5 Å². The Balaban J connectivity index is 0.00000694. The van der Waals surface area contributed by atoms with E-state index in [4.69, 9.17) is 9.72 Å². The molecule has 10 aromatic carbocycles. The number of ether oxygens (including phenoxy) is 1. The van der Waals surface area contributed by atoms with Gasteiger partial charge in [-0.1, -0.05) is 204 Å². The van der Waals surface area contributed by atoms with Crippen LogP contribution in [0.1, 0.15) is 77.0 Å². The predicted molar refractivity (Wildman–Crippen MR) is 338 cm³/mol. The molecule has 0 N–H and O–H groups in total. The van der Waals surface area contributed by atoms with E-state index in [0.717, 1.165) is 95.3 Å². The van der Waals surface area contributed by atoms with E-state index in [2.05, 4.69) is 229 Å². The Hall–Kier alpha value is -9.12. The third-order valence-corrected chi connectivity index (χ3v) is 15.8. The largest absolute Gasteiger partial charge is 2.00 e. The van der Waals surface area contributed by atoms with Crippen molar-refractivity contribution in [3.05, 3.63) is 265 Å². The normalized spacial score (nSPS) is 12.2. The van der Waals surface area contributed by atoms with E-state index in [9.17, 15) is 0 Å². The summed E-state index contributed by atoms with van der Waals surface area (Å²) in [6, 6.07) is 84.3. The molecule has 5 nitrogen and oxygen atoms in total. The second kappa shape index (κ2) is 22.6. The molecule has 0 atom stereocenters. The number of aromatic nitrogens is 2.